The van der Waals surface area contributed by atoms with Crippen molar-refractivity contribution >= 4 is 5.94 Å². The molecule has 88 valence electrons. The van der Waals surface area contributed by atoms with Crippen LogP contribution >= 0.6 is 0 Å². The van der Waals surface area contributed by atoms with E-state index in [1.807, 2.05) is 6.92 Å². The van der Waals surface area contributed by atoms with Gasteiger partial charge in [0.15, 0.2) is 0 Å². The third-order valence-electron chi connectivity index (χ3n) is 2.92. The first-order chi connectivity index (χ1) is 7.63. The molecule has 1 aliphatic heterocycles. The second kappa shape index (κ2) is 5.69. The Labute approximate surface area is 96.9 Å². The number of hydrogen-bond donors (Lipinski definition) is 1. The van der Waals surface area contributed by atoms with Crippen LogP contribution in [0.1, 0.15) is 20.3 Å². The van der Waals surface area contributed by atoms with Crippen molar-refractivity contribution in [2.24, 2.45) is 5.41 Å². The minimum atomic E-state index is 0.0327. The topological polar surface area (TPSA) is 38.3 Å². The van der Waals surface area contributed by atoms with Gasteiger partial charge >= 0.3 is 0 Å². The number of allylic oxidation sites excluding steroid dienone is 1. The van der Waals surface area contributed by atoms with Gasteiger partial charge in [0.1, 0.15) is 5.94 Å². The first-order valence-electron chi connectivity index (χ1n) is 5.53. The van der Waals surface area contributed by atoms with Crippen LogP contribution < -0.4 is 5.32 Å². The predicted octanol–water partition coefficient (Wildman–Crippen LogP) is 1.85. The molecule has 1 N–H and O–H groups in total. The molecule has 1 aliphatic rings. The predicted molar refractivity (Wildman–Crippen MR) is 64.7 cm³/mol. The molecule has 0 aliphatic carbocycles. The van der Waals surface area contributed by atoms with Gasteiger partial charge in [0.25, 0.3) is 0 Å². The summed E-state index contributed by atoms with van der Waals surface area (Å²) < 4.78 is 5.45. The maximum atomic E-state index is 10.00. The van der Waals surface area contributed by atoms with Crippen LogP contribution in [0.15, 0.2) is 30.0 Å². The SMILES string of the molecule is C=C(C)C1=CC(CC)(COCC=C=O)CN1. The molecule has 1 atom stereocenters. The van der Waals surface area contributed by atoms with Crippen LogP contribution in [-0.4, -0.2) is 25.7 Å². The zero-order valence-corrected chi connectivity index (χ0v) is 10.0. The smallest absolute Gasteiger partial charge is 0.122 e. The van der Waals surface area contributed by atoms with E-state index in [9.17, 15) is 4.79 Å². The van der Waals surface area contributed by atoms with Gasteiger partial charge in [-0.15, -0.1) is 0 Å². The Morgan fingerprint density at radius 2 is 2.56 bits per heavy atom. The molecule has 1 rings (SSSR count). The lowest BCUT2D eigenvalue weighted by Gasteiger charge is -2.24. The minimum absolute atomic E-state index is 0.0327. The Morgan fingerprint density at radius 1 is 1.81 bits per heavy atom. The van der Waals surface area contributed by atoms with Gasteiger partial charge in [0.2, 0.25) is 0 Å². The van der Waals surface area contributed by atoms with E-state index in [0.29, 0.717) is 13.2 Å². The molecule has 0 aromatic heterocycles. The molecule has 3 heteroatoms. The van der Waals surface area contributed by atoms with Crippen molar-refractivity contribution in [3.8, 4) is 0 Å². The van der Waals surface area contributed by atoms with Gasteiger partial charge in [-0.05, 0) is 18.9 Å². The molecule has 0 aromatic carbocycles. The molecule has 0 saturated carbocycles. The number of ether oxygens (including phenoxy) is 1. The minimum Gasteiger partial charge on any atom is -0.384 e. The highest BCUT2D eigenvalue weighted by molar-refractivity contribution is 5.44. The zero-order valence-electron chi connectivity index (χ0n) is 10.0. The van der Waals surface area contributed by atoms with Crippen LogP contribution in [0.2, 0.25) is 0 Å². The van der Waals surface area contributed by atoms with Crippen molar-refractivity contribution in [1.29, 1.82) is 0 Å². The van der Waals surface area contributed by atoms with E-state index in [1.54, 1.807) is 5.94 Å². The summed E-state index contributed by atoms with van der Waals surface area (Å²) >= 11 is 0. The van der Waals surface area contributed by atoms with Crippen LogP contribution in [0.3, 0.4) is 0 Å². The fourth-order valence-corrected chi connectivity index (χ4v) is 1.73. The van der Waals surface area contributed by atoms with Crippen molar-refractivity contribution in [3.63, 3.8) is 0 Å². The summed E-state index contributed by atoms with van der Waals surface area (Å²) in [7, 11) is 0. The van der Waals surface area contributed by atoms with E-state index in [0.717, 1.165) is 24.2 Å². The quantitative estimate of drug-likeness (QED) is 0.549. The van der Waals surface area contributed by atoms with E-state index in [4.69, 9.17) is 4.74 Å². The summed E-state index contributed by atoms with van der Waals surface area (Å²) in [5.41, 5.74) is 2.19. The van der Waals surface area contributed by atoms with Gasteiger partial charge in [-0.3, -0.25) is 0 Å². The van der Waals surface area contributed by atoms with Gasteiger partial charge in [0, 0.05) is 23.7 Å². The van der Waals surface area contributed by atoms with Crippen molar-refractivity contribution < 1.29 is 9.53 Å². The Morgan fingerprint density at radius 3 is 3.06 bits per heavy atom. The summed E-state index contributed by atoms with van der Waals surface area (Å²) in [4.78, 5) is 10.00. The lowest BCUT2D eigenvalue weighted by atomic mass is 9.87. The largest absolute Gasteiger partial charge is 0.384 e. The summed E-state index contributed by atoms with van der Waals surface area (Å²) in [6.07, 6.45) is 4.55. The molecular formula is C13H19NO2. The summed E-state index contributed by atoms with van der Waals surface area (Å²) in [6, 6.07) is 0. The van der Waals surface area contributed by atoms with Crippen LogP contribution in [0, 0.1) is 5.41 Å². The van der Waals surface area contributed by atoms with E-state index in [1.165, 1.54) is 6.08 Å². The van der Waals surface area contributed by atoms with E-state index in [-0.39, 0.29) is 5.41 Å². The Balaban J connectivity index is 2.59. The highest BCUT2D eigenvalue weighted by Crippen LogP contribution is 2.31. The maximum Gasteiger partial charge on any atom is 0.122 e. The normalized spacial score (nSPS) is 23.2. The molecule has 0 bridgehead atoms. The first-order valence-corrected chi connectivity index (χ1v) is 5.53. The second-order valence-electron chi connectivity index (χ2n) is 4.24. The lowest BCUT2D eigenvalue weighted by Crippen LogP contribution is -2.29. The molecule has 0 aromatic rings. The zero-order chi connectivity index (χ0) is 12.0. The molecule has 3 nitrogen and oxygen atoms in total. The Kier molecular flexibility index (Phi) is 4.53. The number of hydrogen-bond acceptors (Lipinski definition) is 3. The lowest BCUT2D eigenvalue weighted by molar-refractivity contribution is 0.0903. The highest BCUT2D eigenvalue weighted by Gasteiger charge is 2.31. The van der Waals surface area contributed by atoms with Crippen molar-refractivity contribution in [2.75, 3.05) is 19.8 Å². The molecule has 0 spiro atoms. The van der Waals surface area contributed by atoms with Crippen LogP contribution in [0.5, 0.6) is 0 Å². The molecular weight excluding hydrogens is 202 g/mol. The molecule has 0 amide bonds. The fraction of sp³-hybridized carbons (Fsp3) is 0.538. The molecule has 1 unspecified atom stereocenters. The Bertz CT molecular complexity index is 340. The van der Waals surface area contributed by atoms with Crippen LogP contribution in [0.4, 0.5) is 0 Å². The van der Waals surface area contributed by atoms with Gasteiger partial charge in [-0.1, -0.05) is 19.6 Å². The standard InChI is InChI=1S/C13H19NO2/c1-4-13(10-16-7-5-6-15)8-12(11(2)3)14-9-13/h5,8,14H,2,4,7,9-10H2,1,3H3. The summed E-state index contributed by atoms with van der Waals surface area (Å²) in [5.74, 6) is 1.71. The molecule has 0 saturated heterocycles. The fourth-order valence-electron chi connectivity index (χ4n) is 1.73. The highest BCUT2D eigenvalue weighted by atomic mass is 16.5. The molecule has 16 heavy (non-hydrogen) atoms. The molecule has 0 fully saturated rings. The summed E-state index contributed by atoms with van der Waals surface area (Å²) in [6.45, 7) is 9.86. The summed E-state index contributed by atoms with van der Waals surface area (Å²) in [5, 5.41) is 3.33. The van der Waals surface area contributed by atoms with E-state index < -0.39 is 0 Å². The van der Waals surface area contributed by atoms with Crippen molar-refractivity contribution in [1.82, 2.24) is 5.32 Å². The van der Waals surface area contributed by atoms with Crippen molar-refractivity contribution in [3.05, 3.63) is 30.0 Å². The third-order valence-corrected chi connectivity index (χ3v) is 2.92. The van der Waals surface area contributed by atoms with Gasteiger partial charge in [-0.25, -0.2) is 4.79 Å². The first kappa shape index (κ1) is 12.8. The average Bonchev–Trinajstić information content (AvgIpc) is 2.70. The average molecular weight is 221 g/mol. The van der Waals surface area contributed by atoms with E-state index >= 15 is 0 Å². The maximum absolute atomic E-state index is 10.00. The van der Waals surface area contributed by atoms with Crippen molar-refractivity contribution in [2.45, 2.75) is 20.3 Å². The van der Waals surface area contributed by atoms with Gasteiger partial charge < -0.3 is 10.1 Å². The molecule has 0 radical (unpaired) electrons. The number of rotatable bonds is 6. The number of carbonyl (C=O) groups excluding carboxylic acids is 1. The third kappa shape index (κ3) is 3.09. The van der Waals surface area contributed by atoms with E-state index in [2.05, 4.69) is 24.9 Å². The second-order valence-corrected chi connectivity index (χ2v) is 4.24. The van der Waals surface area contributed by atoms with Gasteiger partial charge in [-0.2, -0.15) is 0 Å². The molecule has 1 heterocycles. The van der Waals surface area contributed by atoms with Crippen LogP contribution in [0.25, 0.3) is 0 Å². The van der Waals surface area contributed by atoms with Gasteiger partial charge in [0.05, 0.1) is 13.2 Å². The monoisotopic (exact) mass is 221 g/mol. The Hall–Kier alpha value is -1.31. The number of nitrogens with one attached hydrogen (secondary N) is 1. The van der Waals surface area contributed by atoms with Crippen LogP contribution in [-0.2, 0) is 9.53 Å².